The summed E-state index contributed by atoms with van der Waals surface area (Å²) >= 11 is 0. The first-order valence-corrected chi connectivity index (χ1v) is 6.41. The number of nitrogens with one attached hydrogen (secondary N) is 1. The lowest BCUT2D eigenvalue weighted by atomic mass is 9.76. The van der Waals surface area contributed by atoms with Crippen molar-refractivity contribution in [1.82, 2.24) is 5.32 Å². The molecule has 0 saturated heterocycles. The van der Waals surface area contributed by atoms with Gasteiger partial charge < -0.3 is 5.32 Å². The van der Waals surface area contributed by atoms with Crippen LogP contribution in [-0.4, -0.2) is 25.8 Å². The summed E-state index contributed by atoms with van der Waals surface area (Å²) in [7, 11) is 2.11. The van der Waals surface area contributed by atoms with Crippen LogP contribution in [-0.2, 0) is 0 Å². The van der Waals surface area contributed by atoms with Crippen LogP contribution in [0, 0.1) is 17.8 Å². The van der Waals surface area contributed by atoms with Gasteiger partial charge in [0.25, 0.3) is 0 Å². The Balaban J connectivity index is 2.69. The summed E-state index contributed by atoms with van der Waals surface area (Å²) in [5.74, 6) is 2.23. The zero-order chi connectivity index (χ0) is 11.3. The van der Waals surface area contributed by atoms with Gasteiger partial charge in [-0.25, -0.2) is 0 Å². The third kappa shape index (κ3) is 3.04. The first-order chi connectivity index (χ1) is 7.24. The molecule has 88 valence electrons. The Labute approximate surface area is 94.6 Å². The Morgan fingerprint density at radius 1 is 1.47 bits per heavy atom. The smallest absolute Gasteiger partial charge is 0.0388 e. The summed E-state index contributed by atoms with van der Waals surface area (Å²) in [6, 6.07) is 0.659. The maximum Gasteiger partial charge on any atom is 0.0388 e. The van der Waals surface area contributed by atoms with E-state index < -0.39 is 0 Å². The standard InChI is InChI=1S/C13H26N2/c1-5-10(3)13(14-4)12-7-8-15-9-11(12)6-2/h9-14H,5-8H2,1-4H3. The minimum Gasteiger partial charge on any atom is -0.316 e. The number of rotatable bonds is 5. The second-order valence-corrected chi connectivity index (χ2v) is 4.78. The van der Waals surface area contributed by atoms with Crippen molar-refractivity contribution in [1.29, 1.82) is 0 Å². The van der Waals surface area contributed by atoms with Gasteiger partial charge in [-0.3, -0.25) is 4.99 Å². The maximum absolute atomic E-state index is 4.43. The van der Waals surface area contributed by atoms with Crippen molar-refractivity contribution >= 4 is 6.21 Å². The largest absolute Gasteiger partial charge is 0.316 e. The predicted molar refractivity (Wildman–Crippen MR) is 67.5 cm³/mol. The Morgan fingerprint density at radius 3 is 2.73 bits per heavy atom. The number of aliphatic imine (C=N–C) groups is 1. The van der Waals surface area contributed by atoms with Crippen molar-refractivity contribution in [2.45, 2.75) is 46.1 Å². The first-order valence-electron chi connectivity index (χ1n) is 6.41. The van der Waals surface area contributed by atoms with Crippen molar-refractivity contribution in [2.24, 2.45) is 22.7 Å². The van der Waals surface area contributed by atoms with Gasteiger partial charge in [-0.2, -0.15) is 0 Å². The molecule has 0 amide bonds. The molecule has 0 fully saturated rings. The molecule has 1 aliphatic heterocycles. The fraction of sp³-hybridized carbons (Fsp3) is 0.923. The minimum absolute atomic E-state index is 0.659. The molecule has 1 aliphatic rings. The van der Waals surface area contributed by atoms with E-state index in [0.29, 0.717) is 12.0 Å². The zero-order valence-corrected chi connectivity index (χ0v) is 10.7. The predicted octanol–water partition coefficient (Wildman–Crippen LogP) is 2.74. The van der Waals surface area contributed by atoms with E-state index in [1.54, 1.807) is 0 Å². The maximum atomic E-state index is 4.43. The number of nitrogens with zero attached hydrogens (tertiary/aromatic N) is 1. The van der Waals surface area contributed by atoms with Crippen molar-refractivity contribution in [3.63, 3.8) is 0 Å². The van der Waals surface area contributed by atoms with E-state index in [-0.39, 0.29) is 0 Å². The number of hydrogen-bond donors (Lipinski definition) is 1. The Bertz CT molecular complexity index is 201. The van der Waals surface area contributed by atoms with Gasteiger partial charge in [0, 0.05) is 18.8 Å². The highest BCUT2D eigenvalue weighted by Gasteiger charge is 2.30. The van der Waals surface area contributed by atoms with Gasteiger partial charge in [-0.05, 0) is 37.6 Å². The van der Waals surface area contributed by atoms with Crippen LogP contribution in [0.25, 0.3) is 0 Å². The number of hydrogen-bond acceptors (Lipinski definition) is 2. The van der Waals surface area contributed by atoms with Crippen LogP contribution in [0.3, 0.4) is 0 Å². The van der Waals surface area contributed by atoms with Crippen LogP contribution in [0.5, 0.6) is 0 Å². The molecule has 1 N–H and O–H groups in total. The molecule has 4 atom stereocenters. The Kier molecular flexibility index (Phi) is 5.30. The molecular formula is C13H26N2. The van der Waals surface area contributed by atoms with Crippen molar-refractivity contribution in [2.75, 3.05) is 13.6 Å². The van der Waals surface area contributed by atoms with E-state index in [0.717, 1.165) is 18.4 Å². The van der Waals surface area contributed by atoms with Crippen LogP contribution in [0.2, 0.25) is 0 Å². The SMILES string of the molecule is CCC(C)C(NC)C1CCN=CC1CC. The topological polar surface area (TPSA) is 24.4 Å². The molecule has 0 saturated carbocycles. The molecule has 15 heavy (non-hydrogen) atoms. The van der Waals surface area contributed by atoms with Gasteiger partial charge in [-0.15, -0.1) is 0 Å². The van der Waals surface area contributed by atoms with E-state index >= 15 is 0 Å². The highest BCUT2D eigenvalue weighted by atomic mass is 14.9. The fourth-order valence-electron chi connectivity index (χ4n) is 2.79. The van der Waals surface area contributed by atoms with Gasteiger partial charge >= 0.3 is 0 Å². The van der Waals surface area contributed by atoms with Crippen LogP contribution in [0.15, 0.2) is 4.99 Å². The Hall–Kier alpha value is -0.370. The molecular weight excluding hydrogens is 184 g/mol. The van der Waals surface area contributed by atoms with E-state index in [1.165, 1.54) is 19.3 Å². The third-order valence-corrected chi connectivity index (χ3v) is 3.96. The first kappa shape index (κ1) is 12.7. The average Bonchev–Trinajstić information content (AvgIpc) is 2.30. The van der Waals surface area contributed by atoms with Crippen LogP contribution in [0.1, 0.15) is 40.0 Å². The average molecular weight is 210 g/mol. The summed E-state index contributed by atoms with van der Waals surface area (Å²) < 4.78 is 0. The van der Waals surface area contributed by atoms with E-state index in [2.05, 4.69) is 44.3 Å². The monoisotopic (exact) mass is 210 g/mol. The Morgan fingerprint density at radius 2 is 2.20 bits per heavy atom. The van der Waals surface area contributed by atoms with Crippen LogP contribution < -0.4 is 5.32 Å². The zero-order valence-electron chi connectivity index (χ0n) is 10.7. The summed E-state index contributed by atoms with van der Waals surface area (Å²) in [5.41, 5.74) is 0. The van der Waals surface area contributed by atoms with Gasteiger partial charge in [0.1, 0.15) is 0 Å². The molecule has 0 spiro atoms. The van der Waals surface area contributed by atoms with Crippen LogP contribution in [0.4, 0.5) is 0 Å². The molecule has 0 aromatic heterocycles. The van der Waals surface area contributed by atoms with E-state index in [9.17, 15) is 0 Å². The quantitative estimate of drug-likeness (QED) is 0.741. The highest BCUT2D eigenvalue weighted by Crippen LogP contribution is 2.29. The van der Waals surface area contributed by atoms with Gasteiger partial charge in [0.05, 0.1) is 0 Å². The molecule has 1 heterocycles. The summed E-state index contributed by atoms with van der Waals surface area (Å²) in [4.78, 5) is 4.43. The van der Waals surface area contributed by atoms with Gasteiger partial charge in [0.2, 0.25) is 0 Å². The molecule has 2 nitrogen and oxygen atoms in total. The molecule has 0 radical (unpaired) electrons. The second kappa shape index (κ2) is 6.26. The van der Waals surface area contributed by atoms with E-state index in [4.69, 9.17) is 0 Å². The normalized spacial score (nSPS) is 30.1. The lowest BCUT2D eigenvalue weighted by Crippen LogP contribution is -2.44. The van der Waals surface area contributed by atoms with E-state index in [1.807, 2.05) is 0 Å². The van der Waals surface area contributed by atoms with Crippen molar-refractivity contribution < 1.29 is 0 Å². The van der Waals surface area contributed by atoms with Crippen molar-refractivity contribution in [3.05, 3.63) is 0 Å². The molecule has 0 aromatic carbocycles. The lowest BCUT2D eigenvalue weighted by Gasteiger charge is -2.36. The molecule has 0 aromatic rings. The summed E-state index contributed by atoms with van der Waals surface area (Å²) in [6.07, 6.45) is 5.93. The van der Waals surface area contributed by atoms with Gasteiger partial charge in [0.15, 0.2) is 0 Å². The third-order valence-electron chi connectivity index (χ3n) is 3.96. The summed E-state index contributed by atoms with van der Waals surface area (Å²) in [5, 5.41) is 3.53. The molecule has 0 aliphatic carbocycles. The fourth-order valence-corrected chi connectivity index (χ4v) is 2.79. The highest BCUT2D eigenvalue weighted by molar-refractivity contribution is 5.62. The lowest BCUT2D eigenvalue weighted by molar-refractivity contribution is 0.220. The molecule has 2 heteroatoms. The summed E-state index contributed by atoms with van der Waals surface area (Å²) in [6.45, 7) is 7.95. The van der Waals surface area contributed by atoms with Crippen LogP contribution >= 0.6 is 0 Å². The molecule has 0 bridgehead atoms. The van der Waals surface area contributed by atoms with Gasteiger partial charge in [-0.1, -0.05) is 27.2 Å². The molecule has 4 unspecified atom stereocenters. The molecule has 1 rings (SSSR count). The van der Waals surface area contributed by atoms with Crippen molar-refractivity contribution in [3.8, 4) is 0 Å². The second-order valence-electron chi connectivity index (χ2n) is 4.78. The minimum atomic E-state index is 0.659.